The molecule has 0 rings (SSSR count). The predicted molar refractivity (Wildman–Crippen MR) is 83.1 cm³/mol. The molecule has 0 saturated carbocycles. The van der Waals surface area contributed by atoms with Gasteiger partial charge in [-0.25, -0.2) is 4.18 Å². The van der Waals surface area contributed by atoms with Gasteiger partial charge in [-0.2, -0.15) is 8.42 Å². The molecule has 0 aromatic heterocycles. The lowest BCUT2D eigenvalue weighted by Gasteiger charge is -2.10. The molecule has 0 aromatic rings. The molecule has 0 amide bonds. The highest BCUT2D eigenvalue weighted by Crippen LogP contribution is 2.17. The van der Waals surface area contributed by atoms with E-state index in [1.165, 1.54) is 51.4 Å². The van der Waals surface area contributed by atoms with Crippen molar-refractivity contribution in [2.75, 3.05) is 6.61 Å². The SMILES string of the molecule is CCCCCCC(C)CCCCCCCOS(=O)(=O)O. The van der Waals surface area contributed by atoms with Gasteiger partial charge in [0.1, 0.15) is 0 Å². The van der Waals surface area contributed by atoms with Crippen LogP contribution in [0.5, 0.6) is 0 Å². The standard InChI is InChI=1S/C15H32O4S/c1-3-4-5-9-12-15(2)13-10-7-6-8-11-14-19-20(16,17)18/h15H,3-14H2,1-2H3,(H,16,17,18). The second kappa shape index (κ2) is 12.6. The molecule has 0 fully saturated rings. The second-order valence-corrected chi connectivity index (χ2v) is 6.85. The van der Waals surface area contributed by atoms with Gasteiger partial charge in [0.15, 0.2) is 0 Å². The minimum atomic E-state index is -4.25. The summed E-state index contributed by atoms with van der Waals surface area (Å²) in [6.45, 7) is 4.67. The van der Waals surface area contributed by atoms with Crippen molar-refractivity contribution < 1.29 is 17.2 Å². The molecular formula is C15H32O4S. The van der Waals surface area contributed by atoms with E-state index in [2.05, 4.69) is 18.0 Å². The lowest BCUT2D eigenvalue weighted by molar-refractivity contribution is 0.261. The molecule has 1 N–H and O–H groups in total. The van der Waals surface area contributed by atoms with Crippen LogP contribution in [0.3, 0.4) is 0 Å². The smallest absolute Gasteiger partial charge is 0.264 e. The maximum Gasteiger partial charge on any atom is 0.397 e. The Bertz CT molecular complexity index is 301. The Morgan fingerprint density at radius 2 is 1.40 bits per heavy atom. The van der Waals surface area contributed by atoms with E-state index in [0.29, 0.717) is 6.42 Å². The van der Waals surface area contributed by atoms with E-state index in [1.54, 1.807) is 0 Å². The van der Waals surface area contributed by atoms with E-state index < -0.39 is 10.4 Å². The molecule has 5 heteroatoms. The Kier molecular flexibility index (Phi) is 12.5. The van der Waals surface area contributed by atoms with Gasteiger partial charge < -0.3 is 0 Å². The first kappa shape index (κ1) is 19.9. The molecule has 0 aromatic carbocycles. The van der Waals surface area contributed by atoms with Crippen molar-refractivity contribution in [2.45, 2.75) is 84.5 Å². The third kappa shape index (κ3) is 15.9. The van der Waals surface area contributed by atoms with Crippen molar-refractivity contribution in [1.82, 2.24) is 0 Å². The lowest BCUT2D eigenvalue weighted by Crippen LogP contribution is -2.04. The van der Waals surface area contributed by atoms with Crippen LogP contribution in [0.15, 0.2) is 0 Å². The molecule has 0 heterocycles. The van der Waals surface area contributed by atoms with Crippen molar-refractivity contribution in [1.29, 1.82) is 0 Å². The van der Waals surface area contributed by atoms with E-state index >= 15 is 0 Å². The monoisotopic (exact) mass is 308 g/mol. The molecule has 0 aliphatic heterocycles. The normalized spacial score (nSPS) is 13.6. The maximum atomic E-state index is 10.3. The van der Waals surface area contributed by atoms with Crippen molar-refractivity contribution in [3.63, 3.8) is 0 Å². The van der Waals surface area contributed by atoms with Crippen LogP contribution in [0.4, 0.5) is 0 Å². The second-order valence-electron chi connectivity index (χ2n) is 5.76. The van der Waals surface area contributed by atoms with Crippen LogP contribution in [0, 0.1) is 5.92 Å². The molecule has 0 radical (unpaired) electrons. The van der Waals surface area contributed by atoms with Gasteiger partial charge in [0, 0.05) is 0 Å². The first-order valence-corrected chi connectivity index (χ1v) is 9.44. The van der Waals surface area contributed by atoms with Gasteiger partial charge in [-0.3, -0.25) is 4.55 Å². The van der Waals surface area contributed by atoms with Crippen molar-refractivity contribution >= 4 is 10.4 Å². The average Bonchev–Trinajstić information content (AvgIpc) is 2.36. The first-order valence-electron chi connectivity index (χ1n) is 8.07. The zero-order valence-corrected chi connectivity index (χ0v) is 14.0. The zero-order chi connectivity index (χ0) is 15.3. The van der Waals surface area contributed by atoms with E-state index in [0.717, 1.165) is 18.8 Å². The predicted octanol–water partition coefficient (Wildman–Crippen LogP) is 4.75. The summed E-state index contributed by atoms with van der Waals surface area (Å²) in [4.78, 5) is 0. The fraction of sp³-hybridized carbons (Fsp3) is 1.00. The third-order valence-electron chi connectivity index (χ3n) is 3.62. The molecule has 122 valence electrons. The fourth-order valence-electron chi connectivity index (χ4n) is 2.35. The van der Waals surface area contributed by atoms with Crippen LogP contribution in [0.1, 0.15) is 84.5 Å². The summed E-state index contributed by atoms with van der Waals surface area (Å²) >= 11 is 0. The summed E-state index contributed by atoms with van der Waals surface area (Å²) in [7, 11) is -4.25. The summed E-state index contributed by atoms with van der Waals surface area (Å²) in [5, 5.41) is 0. The van der Waals surface area contributed by atoms with Gasteiger partial charge in [0.2, 0.25) is 0 Å². The van der Waals surface area contributed by atoms with Crippen LogP contribution in [-0.2, 0) is 14.6 Å². The Morgan fingerprint density at radius 1 is 0.900 bits per heavy atom. The van der Waals surface area contributed by atoms with Crippen LogP contribution >= 0.6 is 0 Å². The minimum Gasteiger partial charge on any atom is -0.264 e. The van der Waals surface area contributed by atoms with Gasteiger partial charge in [-0.15, -0.1) is 0 Å². The summed E-state index contributed by atoms with van der Waals surface area (Å²) < 4.78 is 33.2. The third-order valence-corrected chi connectivity index (χ3v) is 4.09. The van der Waals surface area contributed by atoms with E-state index in [-0.39, 0.29) is 6.61 Å². The molecule has 0 aliphatic carbocycles. The fourth-order valence-corrected chi connectivity index (χ4v) is 2.68. The highest BCUT2D eigenvalue weighted by molar-refractivity contribution is 7.80. The van der Waals surface area contributed by atoms with Gasteiger partial charge in [0.25, 0.3) is 0 Å². The van der Waals surface area contributed by atoms with Gasteiger partial charge in [-0.05, 0) is 12.3 Å². The van der Waals surface area contributed by atoms with Crippen molar-refractivity contribution in [2.24, 2.45) is 5.92 Å². The minimum absolute atomic E-state index is 0.0899. The van der Waals surface area contributed by atoms with Crippen LogP contribution in [0.25, 0.3) is 0 Å². The highest BCUT2D eigenvalue weighted by Gasteiger charge is 2.04. The molecule has 20 heavy (non-hydrogen) atoms. The van der Waals surface area contributed by atoms with Crippen LogP contribution < -0.4 is 0 Å². The quantitative estimate of drug-likeness (QED) is 0.371. The van der Waals surface area contributed by atoms with E-state index in [9.17, 15) is 8.42 Å². The molecule has 0 spiro atoms. The molecule has 1 atom stereocenters. The van der Waals surface area contributed by atoms with Crippen LogP contribution in [0.2, 0.25) is 0 Å². The summed E-state index contributed by atoms with van der Waals surface area (Å²) in [5.74, 6) is 0.828. The number of hydrogen-bond donors (Lipinski definition) is 1. The molecule has 0 aliphatic rings. The Morgan fingerprint density at radius 3 is 1.95 bits per heavy atom. The average molecular weight is 308 g/mol. The van der Waals surface area contributed by atoms with Gasteiger partial charge in [-0.1, -0.05) is 78.1 Å². The Labute approximate surface area is 125 Å². The van der Waals surface area contributed by atoms with Crippen molar-refractivity contribution in [3.05, 3.63) is 0 Å². The largest absolute Gasteiger partial charge is 0.397 e. The molecule has 1 unspecified atom stereocenters. The number of hydrogen-bond acceptors (Lipinski definition) is 3. The molecule has 4 nitrogen and oxygen atoms in total. The maximum absolute atomic E-state index is 10.3. The molecule has 0 saturated heterocycles. The Balaban J connectivity index is 3.23. The topological polar surface area (TPSA) is 63.6 Å². The summed E-state index contributed by atoms with van der Waals surface area (Å²) in [5.41, 5.74) is 0. The first-order chi connectivity index (χ1) is 9.45. The van der Waals surface area contributed by atoms with Gasteiger partial charge >= 0.3 is 10.4 Å². The summed E-state index contributed by atoms with van der Waals surface area (Å²) in [6.07, 6.45) is 13.3. The molecule has 0 bridgehead atoms. The van der Waals surface area contributed by atoms with E-state index in [1.807, 2.05) is 0 Å². The molecular weight excluding hydrogens is 276 g/mol. The zero-order valence-electron chi connectivity index (χ0n) is 13.1. The lowest BCUT2D eigenvalue weighted by atomic mass is 9.96. The van der Waals surface area contributed by atoms with Crippen LogP contribution in [-0.4, -0.2) is 19.6 Å². The number of unbranched alkanes of at least 4 members (excludes halogenated alkanes) is 7. The Hall–Kier alpha value is -0.130. The van der Waals surface area contributed by atoms with E-state index in [4.69, 9.17) is 4.55 Å². The van der Waals surface area contributed by atoms with Gasteiger partial charge in [0.05, 0.1) is 6.61 Å². The summed E-state index contributed by atoms with van der Waals surface area (Å²) in [6, 6.07) is 0. The number of rotatable bonds is 14. The van der Waals surface area contributed by atoms with Crippen molar-refractivity contribution in [3.8, 4) is 0 Å². The highest BCUT2D eigenvalue weighted by atomic mass is 32.3.